The number of rotatable bonds is 5. The van der Waals surface area contributed by atoms with Gasteiger partial charge >= 0.3 is 0 Å². The summed E-state index contributed by atoms with van der Waals surface area (Å²) in [6, 6.07) is 9.56. The van der Waals surface area contributed by atoms with Gasteiger partial charge in [0.25, 0.3) is 11.2 Å². The van der Waals surface area contributed by atoms with Gasteiger partial charge in [0, 0.05) is 25.2 Å². The highest BCUT2D eigenvalue weighted by molar-refractivity contribution is 5.94. The van der Waals surface area contributed by atoms with Crippen LogP contribution >= 0.6 is 0 Å². The minimum absolute atomic E-state index is 0.244. The van der Waals surface area contributed by atoms with E-state index in [1.807, 2.05) is 12.1 Å². The summed E-state index contributed by atoms with van der Waals surface area (Å²) in [6.45, 7) is 2.36. The third-order valence-corrected chi connectivity index (χ3v) is 4.02. The average Bonchev–Trinajstić information content (AvgIpc) is 2.64. The number of carbonyl (C=O) groups is 1. The maximum absolute atomic E-state index is 12.4. The van der Waals surface area contributed by atoms with Gasteiger partial charge in [0.1, 0.15) is 6.54 Å². The van der Waals surface area contributed by atoms with Crippen LogP contribution in [0.15, 0.2) is 47.4 Å². The summed E-state index contributed by atoms with van der Waals surface area (Å²) in [6.07, 6.45) is 1.07. The Morgan fingerprint density at radius 2 is 1.92 bits per heavy atom. The molecule has 0 atom stereocenters. The van der Waals surface area contributed by atoms with E-state index in [1.54, 1.807) is 12.1 Å². The number of nitrogens with one attached hydrogen (secondary N) is 1. The highest BCUT2D eigenvalue weighted by Gasteiger charge is 2.16. The fraction of sp³-hybridized carbons (Fsp3) is 0.294. The number of amides is 1. The van der Waals surface area contributed by atoms with Gasteiger partial charge in [-0.05, 0) is 12.1 Å². The predicted octanol–water partition coefficient (Wildman–Crippen LogP) is 1.23. The van der Waals surface area contributed by atoms with Crippen molar-refractivity contribution in [2.45, 2.75) is 6.54 Å². The van der Waals surface area contributed by atoms with Crippen LogP contribution in [0.4, 0.5) is 17.1 Å². The number of carbonyl (C=O) groups excluding carboxylic acids is 1. The van der Waals surface area contributed by atoms with Crippen molar-refractivity contribution in [3.63, 3.8) is 0 Å². The Morgan fingerprint density at radius 1 is 1.19 bits per heavy atom. The van der Waals surface area contributed by atoms with Gasteiger partial charge < -0.3 is 15.0 Å². The second-order valence-electron chi connectivity index (χ2n) is 5.78. The van der Waals surface area contributed by atoms with Gasteiger partial charge in [0.05, 0.1) is 35.7 Å². The van der Waals surface area contributed by atoms with Crippen molar-refractivity contribution < 1.29 is 14.5 Å². The number of morpholine rings is 1. The van der Waals surface area contributed by atoms with Crippen molar-refractivity contribution in [3.05, 3.63) is 63.1 Å². The summed E-state index contributed by atoms with van der Waals surface area (Å²) in [7, 11) is 0. The lowest BCUT2D eigenvalue weighted by Gasteiger charge is -2.30. The fourth-order valence-electron chi connectivity index (χ4n) is 2.75. The van der Waals surface area contributed by atoms with Crippen LogP contribution in [0.25, 0.3) is 0 Å². The Hall–Kier alpha value is -3.20. The fourth-order valence-corrected chi connectivity index (χ4v) is 2.75. The minimum Gasteiger partial charge on any atom is -0.378 e. The molecule has 1 N–H and O–H groups in total. The van der Waals surface area contributed by atoms with Crippen molar-refractivity contribution >= 4 is 23.0 Å². The molecule has 1 amide bonds. The zero-order chi connectivity index (χ0) is 18.5. The summed E-state index contributed by atoms with van der Waals surface area (Å²) in [4.78, 5) is 36.5. The smallest absolute Gasteiger partial charge is 0.285 e. The first-order valence-corrected chi connectivity index (χ1v) is 8.11. The van der Waals surface area contributed by atoms with E-state index < -0.39 is 16.4 Å². The Balaban J connectivity index is 1.76. The summed E-state index contributed by atoms with van der Waals surface area (Å²) in [5.74, 6) is -0.437. The maximum atomic E-state index is 12.4. The summed E-state index contributed by atoms with van der Waals surface area (Å²) < 4.78 is 6.36. The van der Waals surface area contributed by atoms with Crippen LogP contribution < -0.4 is 15.8 Å². The molecule has 0 unspecified atom stereocenters. The number of ether oxygens (including phenoxy) is 1. The number of pyridine rings is 1. The number of nitrogens with zero attached hydrogens (tertiary/aromatic N) is 3. The lowest BCUT2D eigenvalue weighted by Crippen LogP contribution is -2.37. The van der Waals surface area contributed by atoms with Gasteiger partial charge in [0.2, 0.25) is 5.91 Å². The van der Waals surface area contributed by atoms with Gasteiger partial charge in [0.15, 0.2) is 0 Å². The number of benzene rings is 1. The molecule has 1 aliphatic heterocycles. The Kier molecular flexibility index (Phi) is 5.28. The molecule has 136 valence electrons. The Bertz CT molecular complexity index is 873. The molecular weight excluding hydrogens is 340 g/mol. The van der Waals surface area contributed by atoms with E-state index >= 15 is 0 Å². The van der Waals surface area contributed by atoms with Gasteiger partial charge in [-0.2, -0.15) is 0 Å². The number of aromatic nitrogens is 1. The normalized spacial score (nSPS) is 14.1. The molecule has 0 aliphatic carbocycles. The first-order valence-electron chi connectivity index (χ1n) is 8.11. The quantitative estimate of drug-likeness (QED) is 0.636. The molecule has 2 heterocycles. The van der Waals surface area contributed by atoms with E-state index in [0.29, 0.717) is 18.9 Å². The minimum atomic E-state index is -0.610. The monoisotopic (exact) mass is 358 g/mol. The molecule has 1 saturated heterocycles. The lowest BCUT2D eigenvalue weighted by atomic mass is 10.2. The van der Waals surface area contributed by atoms with Crippen LogP contribution in [0.1, 0.15) is 0 Å². The van der Waals surface area contributed by atoms with Gasteiger partial charge in [-0.25, -0.2) is 0 Å². The molecule has 3 rings (SSSR count). The highest BCUT2D eigenvalue weighted by atomic mass is 16.6. The lowest BCUT2D eigenvalue weighted by molar-refractivity contribution is -0.385. The number of hydrogen-bond donors (Lipinski definition) is 1. The van der Waals surface area contributed by atoms with Crippen molar-refractivity contribution in [1.82, 2.24) is 4.57 Å². The molecule has 0 saturated carbocycles. The first-order chi connectivity index (χ1) is 12.5. The van der Waals surface area contributed by atoms with Gasteiger partial charge in [-0.3, -0.25) is 24.3 Å². The number of hydrogen-bond acceptors (Lipinski definition) is 6. The van der Waals surface area contributed by atoms with E-state index in [4.69, 9.17) is 4.74 Å². The van der Waals surface area contributed by atoms with Crippen molar-refractivity contribution in [2.24, 2.45) is 0 Å². The van der Waals surface area contributed by atoms with E-state index in [-0.39, 0.29) is 12.2 Å². The van der Waals surface area contributed by atoms with Gasteiger partial charge in [-0.1, -0.05) is 12.1 Å². The number of anilines is 2. The van der Waals surface area contributed by atoms with E-state index in [9.17, 15) is 19.7 Å². The molecule has 1 aromatic carbocycles. The molecule has 0 radical (unpaired) electrons. The van der Waals surface area contributed by atoms with Crippen LogP contribution in [0.3, 0.4) is 0 Å². The topological polar surface area (TPSA) is 107 Å². The van der Waals surface area contributed by atoms with Crippen molar-refractivity contribution in [2.75, 3.05) is 36.5 Å². The standard InChI is InChI=1S/C17H18N4O5/c22-16(12-20-11-13(21(24)25)5-6-17(20)23)18-14-3-1-2-4-15(14)19-7-9-26-10-8-19/h1-6,11H,7-10,12H2,(H,18,22). The van der Waals surface area contributed by atoms with Crippen LogP contribution in [-0.2, 0) is 16.1 Å². The molecule has 2 aromatic rings. The molecule has 0 spiro atoms. The van der Waals surface area contributed by atoms with Crippen LogP contribution in [0.5, 0.6) is 0 Å². The second kappa shape index (κ2) is 7.79. The molecule has 1 fully saturated rings. The number of nitro groups is 1. The van der Waals surface area contributed by atoms with E-state index in [0.717, 1.165) is 41.7 Å². The zero-order valence-corrected chi connectivity index (χ0v) is 14.0. The van der Waals surface area contributed by atoms with E-state index in [2.05, 4.69) is 10.2 Å². The first kappa shape index (κ1) is 17.6. The highest BCUT2D eigenvalue weighted by Crippen LogP contribution is 2.26. The third-order valence-electron chi connectivity index (χ3n) is 4.02. The Morgan fingerprint density at radius 3 is 2.65 bits per heavy atom. The predicted molar refractivity (Wildman–Crippen MR) is 95.5 cm³/mol. The van der Waals surface area contributed by atoms with Crippen LogP contribution in [-0.4, -0.2) is 41.7 Å². The van der Waals surface area contributed by atoms with Crippen molar-refractivity contribution in [1.29, 1.82) is 0 Å². The molecule has 26 heavy (non-hydrogen) atoms. The van der Waals surface area contributed by atoms with Gasteiger partial charge in [-0.15, -0.1) is 0 Å². The summed E-state index contributed by atoms with van der Waals surface area (Å²) in [5, 5.41) is 13.6. The summed E-state index contributed by atoms with van der Waals surface area (Å²) >= 11 is 0. The summed E-state index contributed by atoms with van der Waals surface area (Å²) in [5.41, 5.74) is 0.770. The van der Waals surface area contributed by atoms with Crippen LogP contribution in [0.2, 0.25) is 0 Å². The largest absolute Gasteiger partial charge is 0.378 e. The SMILES string of the molecule is O=C(Cn1cc([N+](=O)[O-])ccc1=O)Nc1ccccc1N1CCOCC1. The van der Waals surface area contributed by atoms with Crippen molar-refractivity contribution in [3.8, 4) is 0 Å². The third kappa shape index (κ3) is 4.06. The molecule has 0 bridgehead atoms. The molecule has 9 nitrogen and oxygen atoms in total. The van der Waals surface area contributed by atoms with E-state index in [1.165, 1.54) is 0 Å². The molecule has 1 aromatic heterocycles. The number of para-hydroxylation sites is 2. The molecule has 1 aliphatic rings. The Labute approximate surface area is 149 Å². The maximum Gasteiger partial charge on any atom is 0.285 e. The molecule has 9 heteroatoms. The molecular formula is C17H18N4O5. The average molecular weight is 358 g/mol. The van der Waals surface area contributed by atoms with Crippen LogP contribution in [0, 0.1) is 10.1 Å². The zero-order valence-electron chi connectivity index (χ0n) is 14.0. The second-order valence-corrected chi connectivity index (χ2v) is 5.78.